The molecule has 0 aliphatic carbocycles. The van der Waals surface area contributed by atoms with E-state index in [9.17, 15) is 4.79 Å². The molecule has 4 heteroatoms. The monoisotopic (exact) mass is 224 g/mol. The van der Waals surface area contributed by atoms with Crippen molar-refractivity contribution in [3.63, 3.8) is 0 Å². The molecule has 0 aliphatic heterocycles. The van der Waals surface area contributed by atoms with Crippen LogP contribution in [0.4, 0.5) is 0 Å². The first-order valence-corrected chi connectivity index (χ1v) is 5.98. The molecule has 0 fully saturated rings. The number of thioether (sulfide) groups is 1. The lowest BCUT2D eigenvalue weighted by atomic mass is 10.1. The summed E-state index contributed by atoms with van der Waals surface area (Å²) in [5.74, 6) is -0.0191. The molecular weight excluding hydrogens is 208 g/mol. The van der Waals surface area contributed by atoms with Gasteiger partial charge in [-0.3, -0.25) is 4.79 Å². The van der Waals surface area contributed by atoms with Crippen LogP contribution in [0.3, 0.4) is 0 Å². The molecule has 0 bridgehead atoms. The van der Waals surface area contributed by atoms with Gasteiger partial charge < -0.3 is 10.6 Å². The van der Waals surface area contributed by atoms with Gasteiger partial charge in [-0.25, -0.2) is 0 Å². The molecule has 82 valence electrons. The van der Waals surface area contributed by atoms with Crippen LogP contribution in [0.5, 0.6) is 0 Å². The summed E-state index contributed by atoms with van der Waals surface area (Å²) >= 11 is 1.69. The Morgan fingerprint density at radius 1 is 1.27 bits per heavy atom. The minimum Gasteiger partial charge on any atom is -0.358 e. The Hall–Kier alpha value is -1.00. The van der Waals surface area contributed by atoms with Gasteiger partial charge in [0.15, 0.2) is 0 Å². The SMILES string of the molecule is CNC(=O)C(NC)c1ccc(SC)cc1. The summed E-state index contributed by atoms with van der Waals surface area (Å²) in [7, 11) is 3.42. The third-order valence-electron chi connectivity index (χ3n) is 2.25. The Labute approximate surface area is 94.6 Å². The molecule has 3 nitrogen and oxygen atoms in total. The number of carbonyl (C=O) groups is 1. The zero-order valence-corrected chi connectivity index (χ0v) is 10.0. The second kappa shape index (κ2) is 5.78. The summed E-state index contributed by atoms with van der Waals surface area (Å²) < 4.78 is 0. The topological polar surface area (TPSA) is 41.1 Å². The lowest BCUT2D eigenvalue weighted by molar-refractivity contribution is -0.122. The van der Waals surface area contributed by atoms with Crippen LogP contribution in [-0.2, 0) is 4.79 Å². The molecule has 1 amide bonds. The molecule has 0 saturated heterocycles. The van der Waals surface area contributed by atoms with E-state index in [1.165, 1.54) is 4.90 Å². The Balaban J connectivity index is 2.87. The van der Waals surface area contributed by atoms with Gasteiger partial charge in [-0.15, -0.1) is 11.8 Å². The van der Waals surface area contributed by atoms with E-state index in [0.717, 1.165) is 5.56 Å². The highest BCUT2D eigenvalue weighted by molar-refractivity contribution is 7.98. The summed E-state index contributed by atoms with van der Waals surface area (Å²) in [6.07, 6.45) is 2.03. The third kappa shape index (κ3) is 2.97. The van der Waals surface area contributed by atoms with Crippen molar-refractivity contribution in [1.29, 1.82) is 0 Å². The molecule has 0 aliphatic rings. The van der Waals surface area contributed by atoms with E-state index in [-0.39, 0.29) is 11.9 Å². The maximum absolute atomic E-state index is 11.5. The Morgan fingerprint density at radius 2 is 1.87 bits per heavy atom. The van der Waals surface area contributed by atoms with Gasteiger partial charge in [-0.2, -0.15) is 0 Å². The highest BCUT2D eigenvalue weighted by atomic mass is 32.2. The van der Waals surface area contributed by atoms with Crippen LogP contribution in [-0.4, -0.2) is 26.3 Å². The number of rotatable bonds is 4. The first-order valence-electron chi connectivity index (χ1n) is 4.75. The van der Waals surface area contributed by atoms with Gasteiger partial charge in [0, 0.05) is 11.9 Å². The summed E-state index contributed by atoms with van der Waals surface area (Å²) in [6, 6.07) is 7.72. The molecular formula is C11H16N2OS. The van der Waals surface area contributed by atoms with E-state index >= 15 is 0 Å². The maximum atomic E-state index is 11.5. The summed E-state index contributed by atoms with van der Waals surface area (Å²) in [4.78, 5) is 12.7. The fourth-order valence-electron chi connectivity index (χ4n) is 1.39. The molecule has 1 aromatic rings. The number of hydrogen-bond donors (Lipinski definition) is 2. The average Bonchev–Trinajstić information content (AvgIpc) is 2.30. The number of benzene rings is 1. The maximum Gasteiger partial charge on any atom is 0.241 e. The number of nitrogens with one attached hydrogen (secondary N) is 2. The highest BCUT2D eigenvalue weighted by Crippen LogP contribution is 2.18. The van der Waals surface area contributed by atoms with Crippen molar-refractivity contribution < 1.29 is 4.79 Å². The molecule has 2 N–H and O–H groups in total. The second-order valence-electron chi connectivity index (χ2n) is 3.11. The van der Waals surface area contributed by atoms with E-state index in [1.54, 1.807) is 25.9 Å². The van der Waals surface area contributed by atoms with E-state index in [0.29, 0.717) is 0 Å². The predicted molar refractivity (Wildman–Crippen MR) is 64.1 cm³/mol. The van der Waals surface area contributed by atoms with Gasteiger partial charge in [0.2, 0.25) is 5.91 Å². The van der Waals surface area contributed by atoms with E-state index < -0.39 is 0 Å². The zero-order valence-electron chi connectivity index (χ0n) is 9.20. The first-order chi connectivity index (χ1) is 7.22. The molecule has 0 aromatic heterocycles. The van der Waals surface area contributed by atoms with Crippen molar-refractivity contribution in [3.05, 3.63) is 29.8 Å². The molecule has 0 spiro atoms. The summed E-state index contributed by atoms with van der Waals surface area (Å²) in [5, 5.41) is 5.62. The molecule has 0 radical (unpaired) electrons. The molecule has 0 heterocycles. The Morgan fingerprint density at radius 3 is 2.27 bits per heavy atom. The first kappa shape index (κ1) is 12.1. The van der Waals surface area contributed by atoms with E-state index in [1.807, 2.05) is 30.5 Å². The number of likely N-dealkylation sites (N-methyl/N-ethyl adjacent to an activating group) is 2. The van der Waals surface area contributed by atoms with Crippen LogP contribution >= 0.6 is 11.8 Å². The van der Waals surface area contributed by atoms with Crippen LogP contribution in [0.15, 0.2) is 29.2 Å². The molecule has 1 rings (SSSR count). The van der Waals surface area contributed by atoms with Gasteiger partial charge >= 0.3 is 0 Å². The highest BCUT2D eigenvalue weighted by Gasteiger charge is 2.16. The zero-order chi connectivity index (χ0) is 11.3. The van der Waals surface area contributed by atoms with Crippen molar-refractivity contribution >= 4 is 17.7 Å². The lowest BCUT2D eigenvalue weighted by Gasteiger charge is -2.14. The normalized spacial score (nSPS) is 12.2. The van der Waals surface area contributed by atoms with Gasteiger partial charge in [0.25, 0.3) is 0 Å². The van der Waals surface area contributed by atoms with Gasteiger partial charge in [-0.1, -0.05) is 12.1 Å². The predicted octanol–water partition coefficient (Wildman–Crippen LogP) is 1.42. The van der Waals surface area contributed by atoms with E-state index in [2.05, 4.69) is 10.6 Å². The van der Waals surface area contributed by atoms with Crippen molar-refractivity contribution in [2.45, 2.75) is 10.9 Å². The lowest BCUT2D eigenvalue weighted by Crippen LogP contribution is -2.33. The smallest absolute Gasteiger partial charge is 0.241 e. The Kier molecular flexibility index (Phi) is 4.65. The minimum absolute atomic E-state index is 0.0191. The van der Waals surface area contributed by atoms with Crippen LogP contribution < -0.4 is 10.6 Å². The van der Waals surface area contributed by atoms with Crippen LogP contribution in [0.1, 0.15) is 11.6 Å². The van der Waals surface area contributed by atoms with Crippen molar-refractivity contribution in [2.24, 2.45) is 0 Å². The van der Waals surface area contributed by atoms with Crippen molar-refractivity contribution in [3.8, 4) is 0 Å². The average molecular weight is 224 g/mol. The van der Waals surface area contributed by atoms with Crippen LogP contribution in [0.25, 0.3) is 0 Å². The standard InChI is InChI=1S/C11H16N2OS/c1-12-10(11(14)13-2)8-4-6-9(15-3)7-5-8/h4-7,10,12H,1-3H3,(H,13,14). The largest absolute Gasteiger partial charge is 0.358 e. The number of amides is 1. The quantitative estimate of drug-likeness (QED) is 0.760. The summed E-state index contributed by atoms with van der Waals surface area (Å²) in [5.41, 5.74) is 0.981. The molecule has 15 heavy (non-hydrogen) atoms. The van der Waals surface area contributed by atoms with Crippen molar-refractivity contribution in [1.82, 2.24) is 10.6 Å². The van der Waals surface area contributed by atoms with E-state index in [4.69, 9.17) is 0 Å². The molecule has 1 aromatic carbocycles. The summed E-state index contributed by atoms with van der Waals surface area (Å²) in [6.45, 7) is 0. The van der Waals surface area contributed by atoms with Gasteiger partial charge in [0.05, 0.1) is 0 Å². The molecule has 1 unspecified atom stereocenters. The van der Waals surface area contributed by atoms with Crippen molar-refractivity contribution in [2.75, 3.05) is 20.4 Å². The van der Waals surface area contributed by atoms with Gasteiger partial charge in [-0.05, 0) is 31.0 Å². The Bertz CT molecular complexity index is 324. The van der Waals surface area contributed by atoms with Crippen LogP contribution in [0, 0.1) is 0 Å². The molecule has 0 saturated carbocycles. The number of carbonyl (C=O) groups excluding carboxylic acids is 1. The van der Waals surface area contributed by atoms with Crippen LogP contribution in [0.2, 0.25) is 0 Å². The number of hydrogen-bond acceptors (Lipinski definition) is 3. The molecule has 1 atom stereocenters. The fourth-order valence-corrected chi connectivity index (χ4v) is 1.80. The van der Waals surface area contributed by atoms with Gasteiger partial charge in [0.1, 0.15) is 6.04 Å². The third-order valence-corrected chi connectivity index (χ3v) is 2.99. The second-order valence-corrected chi connectivity index (χ2v) is 3.99. The minimum atomic E-state index is -0.272. The fraction of sp³-hybridized carbons (Fsp3) is 0.364.